The summed E-state index contributed by atoms with van der Waals surface area (Å²) >= 11 is 0. The van der Waals surface area contributed by atoms with Crippen molar-refractivity contribution in [2.24, 2.45) is 0 Å². The van der Waals surface area contributed by atoms with Crippen molar-refractivity contribution in [3.63, 3.8) is 0 Å². The first kappa shape index (κ1) is 13.0. The Hall–Kier alpha value is -1.96. The predicted molar refractivity (Wildman–Crippen MR) is 77.2 cm³/mol. The highest BCUT2D eigenvalue weighted by Crippen LogP contribution is 2.24. The van der Waals surface area contributed by atoms with Gasteiger partial charge in [0.2, 0.25) is 0 Å². The van der Waals surface area contributed by atoms with Crippen molar-refractivity contribution in [1.29, 1.82) is 5.26 Å². The SMILES string of the molecule is Cc1ccc2cc(C(C#N)N3CCOCC3)ccc2n1. The quantitative estimate of drug-likeness (QED) is 0.838. The summed E-state index contributed by atoms with van der Waals surface area (Å²) in [5.74, 6) is 0. The van der Waals surface area contributed by atoms with Crippen LogP contribution in [-0.4, -0.2) is 36.2 Å². The van der Waals surface area contributed by atoms with Gasteiger partial charge < -0.3 is 4.74 Å². The number of rotatable bonds is 2. The largest absolute Gasteiger partial charge is 0.379 e. The number of aromatic nitrogens is 1. The van der Waals surface area contributed by atoms with Crippen molar-refractivity contribution in [2.45, 2.75) is 13.0 Å². The summed E-state index contributed by atoms with van der Waals surface area (Å²) in [5.41, 5.74) is 3.02. The molecule has 20 heavy (non-hydrogen) atoms. The fourth-order valence-corrected chi connectivity index (χ4v) is 2.62. The summed E-state index contributed by atoms with van der Waals surface area (Å²) in [5, 5.41) is 10.6. The standard InChI is InChI=1S/C16H17N3O/c1-12-2-3-13-10-14(4-5-15(13)18-12)16(11-17)19-6-8-20-9-7-19/h2-5,10,16H,6-9H2,1H3. The van der Waals surface area contributed by atoms with Gasteiger partial charge in [0.15, 0.2) is 0 Å². The van der Waals surface area contributed by atoms with Crippen LogP contribution in [0.4, 0.5) is 0 Å². The van der Waals surface area contributed by atoms with Gasteiger partial charge in [0, 0.05) is 24.2 Å². The van der Waals surface area contributed by atoms with E-state index in [1.54, 1.807) is 0 Å². The molecule has 4 heteroatoms. The summed E-state index contributed by atoms with van der Waals surface area (Å²) in [6.07, 6.45) is 0. The van der Waals surface area contributed by atoms with Gasteiger partial charge in [0.05, 0.1) is 24.8 Å². The minimum atomic E-state index is -0.204. The molecule has 0 aliphatic carbocycles. The van der Waals surface area contributed by atoms with E-state index in [1.807, 2.05) is 25.1 Å². The van der Waals surface area contributed by atoms with E-state index in [9.17, 15) is 5.26 Å². The van der Waals surface area contributed by atoms with Gasteiger partial charge in [-0.25, -0.2) is 0 Å². The Morgan fingerprint density at radius 3 is 2.80 bits per heavy atom. The van der Waals surface area contributed by atoms with Gasteiger partial charge in [-0.1, -0.05) is 12.1 Å². The number of nitriles is 1. The van der Waals surface area contributed by atoms with E-state index >= 15 is 0 Å². The third-order valence-electron chi connectivity index (χ3n) is 3.70. The summed E-state index contributed by atoms with van der Waals surface area (Å²) in [6, 6.07) is 12.4. The maximum absolute atomic E-state index is 9.50. The summed E-state index contributed by atoms with van der Waals surface area (Å²) < 4.78 is 5.35. The maximum Gasteiger partial charge on any atom is 0.124 e. The van der Waals surface area contributed by atoms with Crippen LogP contribution in [0, 0.1) is 18.3 Å². The molecule has 1 aliphatic heterocycles. The molecule has 1 fully saturated rings. The third kappa shape index (κ3) is 2.51. The number of aryl methyl sites for hydroxylation is 1. The lowest BCUT2D eigenvalue weighted by Gasteiger charge is -2.30. The van der Waals surface area contributed by atoms with E-state index in [0.717, 1.165) is 35.2 Å². The van der Waals surface area contributed by atoms with Gasteiger partial charge in [0.1, 0.15) is 6.04 Å². The van der Waals surface area contributed by atoms with Crippen LogP contribution in [-0.2, 0) is 4.74 Å². The van der Waals surface area contributed by atoms with Crippen LogP contribution in [0.5, 0.6) is 0 Å². The highest BCUT2D eigenvalue weighted by molar-refractivity contribution is 5.79. The first-order valence-corrected chi connectivity index (χ1v) is 6.86. The number of nitrogens with zero attached hydrogens (tertiary/aromatic N) is 3. The molecular weight excluding hydrogens is 250 g/mol. The number of hydrogen-bond donors (Lipinski definition) is 0. The number of hydrogen-bond acceptors (Lipinski definition) is 4. The van der Waals surface area contributed by atoms with E-state index < -0.39 is 0 Å². The highest BCUT2D eigenvalue weighted by Gasteiger charge is 2.22. The second kappa shape index (κ2) is 5.58. The lowest BCUT2D eigenvalue weighted by atomic mass is 10.0. The van der Waals surface area contributed by atoms with E-state index in [2.05, 4.69) is 28.1 Å². The molecule has 1 aliphatic rings. The number of benzene rings is 1. The van der Waals surface area contributed by atoms with E-state index in [-0.39, 0.29) is 6.04 Å². The molecule has 2 heterocycles. The smallest absolute Gasteiger partial charge is 0.124 e. The maximum atomic E-state index is 9.50. The van der Waals surface area contributed by atoms with Gasteiger partial charge in [-0.2, -0.15) is 5.26 Å². The molecule has 0 spiro atoms. The van der Waals surface area contributed by atoms with Gasteiger partial charge in [-0.15, -0.1) is 0 Å². The van der Waals surface area contributed by atoms with E-state index in [0.29, 0.717) is 13.2 Å². The van der Waals surface area contributed by atoms with Gasteiger partial charge in [0.25, 0.3) is 0 Å². The number of fused-ring (bicyclic) bond motifs is 1. The molecule has 102 valence electrons. The Bertz CT molecular complexity index is 656. The lowest BCUT2D eigenvalue weighted by Crippen LogP contribution is -2.38. The molecule has 2 aromatic rings. The molecule has 4 nitrogen and oxygen atoms in total. The average Bonchev–Trinajstić information content (AvgIpc) is 2.49. The van der Waals surface area contributed by atoms with Gasteiger partial charge in [-0.3, -0.25) is 9.88 Å². The fraction of sp³-hybridized carbons (Fsp3) is 0.375. The number of pyridine rings is 1. The minimum Gasteiger partial charge on any atom is -0.379 e. The monoisotopic (exact) mass is 267 g/mol. The number of morpholine rings is 1. The molecule has 0 N–H and O–H groups in total. The average molecular weight is 267 g/mol. The van der Waals surface area contributed by atoms with Crippen molar-refractivity contribution >= 4 is 10.9 Å². The summed E-state index contributed by atoms with van der Waals surface area (Å²) in [7, 11) is 0. The third-order valence-corrected chi connectivity index (χ3v) is 3.70. The highest BCUT2D eigenvalue weighted by atomic mass is 16.5. The Balaban J connectivity index is 1.95. The van der Waals surface area contributed by atoms with Crippen LogP contribution in [0.1, 0.15) is 17.3 Å². The van der Waals surface area contributed by atoms with E-state index in [4.69, 9.17) is 4.74 Å². The Kier molecular flexibility index (Phi) is 3.64. The molecule has 3 rings (SSSR count). The molecular formula is C16H17N3O. The van der Waals surface area contributed by atoms with Crippen LogP contribution in [0.2, 0.25) is 0 Å². The van der Waals surface area contributed by atoms with Crippen molar-refractivity contribution in [3.8, 4) is 6.07 Å². The zero-order valence-electron chi connectivity index (χ0n) is 11.5. The molecule has 0 radical (unpaired) electrons. The first-order valence-electron chi connectivity index (χ1n) is 6.86. The zero-order chi connectivity index (χ0) is 13.9. The molecule has 0 saturated carbocycles. The molecule has 1 unspecified atom stereocenters. The topological polar surface area (TPSA) is 49.2 Å². The molecule has 1 atom stereocenters. The fourth-order valence-electron chi connectivity index (χ4n) is 2.62. The van der Waals surface area contributed by atoms with Crippen LogP contribution in [0.15, 0.2) is 30.3 Å². The molecule has 1 saturated heterocycles. The normalized spacial score (nSPS) is 17.8. The molecule has 0 amide bonds. The Morgan fingerprint density at radius 1 is 1.25 bits per heavy atom. The van der Waals surface area contributed by atoms with Crippen LogP contribution < -0.4 is 0 Å². The molecule has 1 aromatic carbocycles. The lowest BCUT2D eigenvalue weighted by molar-refractivity contribution is 0.0266. The second-order valence-electron chi connectivity index (χ2n) is 5.08. The van der Waals surface area contributed by atoms with Crippen molar-refractivity contribution in [1.82, 2.24) is 9.88 Å². The second-order valence-corrected chi connectivity index (χ2v) is 5.08. The van der Waals surface area contributed by atoms with Crippen molar-refractivity contribution in [2.75, 3.05) is 26.3 Å². The molecule has 1 aromatic heterocycles. The minimum absolute atomic E-state index is 0.204. The predicted octanol–water partition coefficient (Wildman–Crippen LogP) is 2.44. The van der Waals surface area contributed by atoms with E-state index in [1.165, 1.54) is 0 Å². The van der Waals surface area contributed by atoms with Gasteiger partial charge in [-0.05, 0) is 30.7 Å². The number of ether oxygens (including phenoxy) is 1. The Morgan fingerprint density at radius 2 is 2.05 bits per heavy atom. The summed E-state index contributed by atoms with van der Waals surface area (Å²) in [4.78, 5) is 6.67. The summed E-state index contributed by atoms with van der Waals surface area (Å²) in [6.45, 7) is 5.00. The zero-order valence-corrected chi connectivity index (χ0v) is 11.5. The first-order chi connectivity index (χ1) is 9.78. The Labute approximate surface area is 118 Å². The molecule has 0 bridgehead atoms. The van der Waals surface area contributed by atoms with Crippen LogP contribution in [0.25, 0.3) is 10.9 Å². The van der Waals surface area contributed by atoms with Crippen molar-refractivity contribution < 1.29 is 4.74 Å². The van der Waals surface area contributed by atoms with Crippen LogP contribution >= 0.6 is 0 Å². The van der Waals surface area contributed by atoms with Gasteiger partial charge >= 0.3 is 0 Å². The van der Waals surface area contributed by atoms with Crippen LogP contribution in [0.3, 0.4) is 0 Å². The van der Waals surface area contributed by atoms with Crippen molar-refractivity contribution in [3.05, 3.63) is 41.6 Å².